The van der Waals surface area contributed by atoms with Gasteiger partial charge in [-0.25, -0.2) is 9.67 Å². The quantitative estimate of drug-likeness (QED) is 0.307. The van der Waals surface area contributed by atoms with Gasteiger partial charge in [-0.3, -0.25) is 4.79 Å². The maximum atomic E-state index is 12.7. The molecule has 1 aromatic carbocycles. The molecule has 2 fully saturated rings. The molecule has 2 saturated heterocycles. The van der Waals surface area contributed by atoms with Crippen molar-refractivity contribution in [3.05, 3.63) is 58.5 Å². The van der Waals surface area contributed by atoms with Crippen LogP contribution in [0.3, 0.4) is 0 Å². The van der Waals surface area contributed by atoms with Gasteiger partial charge in [0.25, 0.3) is 0 Å². The number of hydrogen-bond donors (Lipinski definition) is 2. The highest BCUT2D eigenvalue weighted by molar-refractivity contribution is 5.71. The monoisotopic (exact) mass is 615 g/mol. The summed E-state index contributed by atoms with van der Waals surface area (Å²) in [5.74, 6) is 2.41. The molecule has 10 nitrogen and oxygen atoms in total. The van der Waals surface area contributed by atoms with Crippen LogP contribution in [0.5, 0.6) is 5.75 Å². The second-order valence-electron chi connectivity index (χ2n) is 13.0. The van der Waals surface area contributed by atoms with Crippen LogP contribution in [0, 0.1) is 19.8 Å². The van der Waals surface area contributed by atoms with Gasteiger partial charge in [0.05, 0.1) is 32.0 Å². The molecule has 0 radical (unpaired) electrons. The highest BCUT2D eigenvalue weighted by atomic mass is 16.5. The number of anilines is 2. The third kappa shape index (κ3) is 7.44. The number of nitrogens with one attached hydrogen (secondary N) is 2. The average molecular weight is 616 g/mol. The molecule has 6 rings (SSSR count). The molecule has 2 atom stereocenters. The summed E-state index contributed by atoms with van der Waals surface area (Å²) in [5.41, 5.74) is 7.80. The van der Waals surface area contributed by atoms with Gasteiger partial charge in [-0.1, -0.05) is 0 Å². The minimum absolute atomic E-state index is 0.0208. The van der Waals surface area contributed by atoms with Crippen LogP contribution in [0.2, 0.25) is 0 Å². The molecule has 45 heavy (non-hydrogen) atoms. The second-order valence-corrected chi connectivity index (χ2v) is 13.0. The van der Waals surface area contributed by atoms with Crippen molar-refractivity contribution in [2.24, 2.45) is 5.92 Å². The number of rotatable bonds is 11. The maximum Gasteiger partial charge on any atom is 0.306 e. The minimum Gasteiger partial charge on any atom is -0.496 e. The number of esters is 1. The van der Waals surface area contributed by atoms with Gasteiger partial charge < -0.3 is 29.9 Å². The van der Waals surface area contributed by atoms with Crippen LogP contribution >= 0.6 is 0 Å². The lowest BCUT2D eigenvalue weighted by Gasteiger charge is -2.31. The number of aryl methyl sites for hydroxylation is 3. The fourth-order valence-electron chi connectivity index (χ4n) is 7.29. The van der Waals surface area contributed by atoms with Crippen LogP contribution in [0.1, 0.15) is 59.8 Å². The zero-order valence-corrected chi connectivity index (χ0v) is 27.4. The van der Waals surface area contributed by atoms with Gasteiger partial charge in [-0.2, -0.15) is 5.10 Å². The Labute approximate surface area is 267 Å². The zero-order valence-electron chi connectivity index (χ0n) is 27.4. The summed E-state index contributed by atoms with van der Waals surface area (Å²) in [4.78, 5) is 22.7. The number of piperazine rings is 1. The van der Waals surface area contributed by atoms with Gasteiger partial charge in [0.15, 0.2) is 0 Å². The van der Waals surface area contributed by atoms with Gasteiger partial charge in [0.1, 0.15) is 11.6 Å². The lowest BCUT2D eigenvalue weighted by molar-refractivity contribution is -0.141. The van der Waals surface area contributed by atoms with Crippen LogP contribution in [-0.4, -0.2) is 92.2 Å². The van der Waals surface area contributed by atoms with Gasteiger partial charge in [0, 0.05) is 80.4 Å². The predicted octanol–water partition coefficient (Wildman–Crippen LogP) is 4.26. The van der Waals surface area contributed by atoms with Crippen molar-refractivity contribution in [2.75, 3.05) is 76.8 Å². The summed E-state index contributed by atoms with van der Waals surface area (Å²) in [7, 11) is 3.25. The predicted molar refractivity (Wildman–Crippen MR) is 178 cm³/mol. The largest absolute Gasteiger partial charge is 0.496 e. The van der Waals surface area contributed by atoms with E-state index in [9.17, 15) is 4.79 Å². The molecule has 2 N–H and O–H groups in total. The Kier molecular flexibility index (Phi) is 9.90. The van der Waals surface area contributed by atoms with Crippen molar-refractivity contribution in [1.29, 1.82) is 0 Å². The molecule has 3 aliphatic rings. The Hall–Kier alpha value is -3.63. The number of carbonyl (C=O) groups excluding carboxylic acids is 1. The molecule has 0 saturated carbocycles. The number of methoxy groups -OCH3 is 2. The zero-order chi connectivity index (χ0) is 31.3. The minimum atomic E-state index is -0.169. The summed E-state index contributed by atoms with van der Waals surface area (Å²) in [6, 6.07) is 11.0. The lowest BCUT2D eigenvalue weighted by atomic mass is 9.93. The summed E-state index contributed by atoms with van der Waals surface area (Å²) in [5, 5.41) is 11.7. The van der Waals surface area contributed by atoms with Crippen LogP contribution in [0.25, 0.3) is 5.69 Å². The molecule has 242 valence electrons. The normalized spacial score (nSPS) is 19.2. The van der Waals surface area contributed by atoms with Gasteiger partial charge in [-0.05, 0) is 88.2 Å². The Morgan fingerprint density at radius 1 is 1.04 bits per heavy atom. The summed E-state index contributed by atoms with van der Waals surface area (Å²) >= 11 is 0. The second kappa shape index (κ2) is 14.2. The molecule has 0 spiro atoms. The van der Waals surface area contributed by atoms with Gasteiger partial charge in [0.2, 0.25) is 0 Å². The molecule has 10 heteroatoms. The first-order valence-corrected chi connectivity index (χ1v) is 16.6. The number of ether oxygens (including phenoxy) is 2. The van der Waals surface area contributed by atoms with Crippen LogP contribution in [0.15, 0.2) is 30.3 Å². The van der Waals surface area contributed by atoms with Crippen LogP contribution < -0.4 is 20.3 Å². The van der Waals surface area contributed by atoms with E-state index in [1.54, 1.807) is 7.11 Å². The van der Waals surface area contributed by atoms with E-state index in [0.29, 0.717) is 12.3 Å². The summed E-state index contributed by atoms with van der Waals surface area (Å²) in [6.45, 7) is 11.8. The van der Waals surface area contributed by atoms with Crippen LogP contribution in [0.4, 0.5) is 11.5 Å². The Morgan fingerprint density at radius 3 is 2.62 bits per heavy atom. The third-order valence-corrected chi connectivity index (χ3v) is 9.68. The molecule has 5 heterocycles. The van der Waals surface area contributed by atoms with Crippen molar-refractivity contribution in [3.8, 4) is 11.4 Å². The first kappa shape index (κ1) is 31.4. The summed E-state index contributed by atoms with van der Waals surface area (Å²) in [6.07, 6.45) is 5.67. The average Bonchev–Trinajstić information content (AvgIpc) is 3.67. The number of carbonyl (C=O) groups is 1. The highest BCUT2D eigenvalue weighted by Gasteiger charge is 2.28. The van der Waals surface area contributed by atoms with E-state index in [4.69, 9.17) is 19.6 Å². The Balaban J connectivity index is 1.19. The van der Waals surface area contributed by atoms with Crippen molar-refractivity contribution in [2.45, 2.75) is 58.3 Å². The number of aromatic nitrogens is 3. The molecule has 3 aliphatic heterocycles. The smallest absolute Gasteiger partial charge is 0.306 e. The fraction of sp³-hybridized carbons (Fsp3) is 0.571. The summed E-state index contributed by atoms with van der Waals surface area (Å²) < 4.78 is 13.0. The number of benzene rings is 1. The third-order valence-electron chi connectivity index (χ3n) is 9.68. The Bertz CT molecular complexity index is 1460. The molecule has 0 bridgehead atoms. The Morgan fingerprint density at radius 2 is 1.87 bits per heavy atom. The van der Waals surface area contributed by atoms with Gasteiger partial charge >= 0.3 is 5.97 Å². The molecule has 2 aromatic heterocycles. The van der Waals surface area contributed by atoms with E-state index in [-0.39, 0.29) is 11.9 Å². The highest BCUT2D eigenvalue weighted by Crippen LogP contribution is 2.34. The molecule has 0 amide bonds. The SMILES string of the molecule is COC(=O)C[C@H](CN1CC[C@@H](CCc2cc(OC)c3c(n2)NCCC3)C1)c1cc(N2CCNCC2)cc(-n2nc(C)cc2C)c1. The molecular weight excluding hydrogens is 566 g/mol. The topological polar surface area (TPSA) is 96.8 Å². The fourth-order valence-corrected chi connectivity index (χ4v) is 7.29. The van der Waals surface area contributed by atoms with E-state index >= 15 is 0 Å². The molecule has 0 unspecified atom stereocenters. The molecular formula is C35H49N7O3. The van der Waals surface area contributed by atoms with Crippen molar-refractivity contribution in [1.82, 2.24) is 25.0 Å². The van der Waals surface area contributed by atoms with E-state index in [1.807, 2.05) is 11.6 Å². The van der Waals surface area contributed by atoms with Gasteiger partial charge in [-0.15, -0.1) is 0 Å². The first-order valence-electron chi connectivity index (χ1n) is 16.6. The number of hydrogen-bond acceptors (Lipinski definition) is 9. The van der Waals surface area contributed by atoms with Crippen LogP contribution in [-0.2, 0) is 22.4 Å². The van der Waals surface area contributed by atoms with E-state index < -0.39 is 0 Å². The number of pyridine rings is 1. The molecule has 0 aliphatic carbocycles. The van der Waals surface area contributed by atoms with E-state index in [2.05, 4.69) is 57.7 Å². The number of likely N-dealkylation sites (tertiary alicyclic amines) is 1. The van der Waals surface area contributed by atoms with E-state index in [0.717, 1.165) is 119 Å². The number of nitrogens with zero attached hydrogens (tertiary/aromatic N) is 5. The number of fused-ring (bicyclic) bond motifs is 1. The van der Waals surface area contributed by atoms with E-state index in [1.165, 1.54) is 23.9 Å². The van der Waals surface area contributed by atoms with Crippen molar-refractivity contribution in [3.63, 3.8) is 0 Å². The standard InChI is InChI=1S/C35H49N7O3/c1-24-16-25(2)42(39-24)31-18-27(17-30(21-31)41-14-11-36-12-15-41)28(19-34(43)45-4)23-40-13-9-26(22-40)7-8-29-20-33(44-3)32-6-5-10-37-35(32)38-29/h16-18,20-21,26,28,36H,5-15,19,22-23H2,1-4H3,(H,37,38)/t26-,28-/m1/s1. The van der Waals surface area contributed by atoms with Crippen molar-refractivity contribution < 1.29 is 14.3 Å². The van der Waals surface area contributed by atoms with Crippen molar-refractivity contribution >= 4 is 17.5 Å². The maximum absolute atomic E-state index is 12.7. The first-order chi connectivity index (χ1) is 21.9. The lowest BCUT2D eigenvalue weighted by Crippen LogP contribution is -2.43. The molecule has 3 aromatic rings.